The summed E-state index contributed by atoms with van der Waals surface area (Å²) < 4.78 is 0. The van der Waals surface area contributed by atoms with Crippen LogP contribution in [0.25, 0.3) is 0 Å². The molecule has 1 aliphatic rings. The molecule has 5 heteroatoms. The van der Waals surface area contributed by atoms with Crippen LogP contribution in [0.15, 0.2) is 30.3 Å². The highest BCUT2D eigenvalue weighted by atomic mass is 32.2. The summed E-state index contributed by atoms with van der Waals surface area (Å²) in [5.41, 5.74) is 1.23. The van der Waals surface area contributed by atoms with Crippen LogP contribution in [0.4, 0.5) is 5.69 Å². The Labute approximate surface area is 143 Å². The zero-order valence-electron chi connectivity index (χ0n) is 14.0. The second-order valence-corrected chi connectivity index (χ2v) is 7.37. The third kappa shape index (κ3) is 5.90. The number of nitrogens with zero attached hydrogens (tertiary/aromatic N) is 2. The van der Waals surface area contributed by atoms with E-state index in [1.807, 2.05) is 23.1 Å². The Kier molecular flexibility index (Phi) is 6.96. The van der Waals surface area contributed by atoms with E-state index < -0.39 is 0 Å². The Bertz CT molecular complexity index is 521. The quantitative estimate of drug-likeness (QED) is 0.685. The van der Waals surface area contributed by atoms with Crippen molar-refractivity contribution in [3.05, 3.63) is 30.3 Å². The molecule has 1 aliphatic heterocycles. The van der Waals surface area contributed by atoms with E-state index in [9.17, 15) is 9.59 Å². The molecule has 0 radical (unpaired) electrons. The second kappa shape index (κ2) is 8.96. The van der Waals surface area contributed by atoms with E-state index in [-0.39, 0.29) is 11.0 Å². The van der Waals surface area contributed by atoms with Crippen molar-refractivity contribution in [1.29, 1.82) is 0 Å². The Morgan fingerprint density at radius 1 is 1.30 bits per heavy atom. The van der Waals surface area contributed by atoms with Gasteiger partial charge in [0.25, 0.3) is 0 Å². The summed E-state index contributed by atoms with van der Waals surface area (Å²) in [5.74, 6) is 1.35. The standard InChI is InChI=1S/C18H26N2O2S/c1-15(21)23-14-16-12-18(22)20(13-16)11-7-6-10-19(2)17-8-4-3-5-9-17/h3-5,8-9,16H,6-7,10-14H2,1-2H3. The number of para-hydroxylation sites is 1. The lowest BCUT2D eigenvalue weighted by Crippen LogP contribution is -2.27. The second-order valence-electron chi connectivity index (χ2n) is 6.18. The first-order chi connectivity index (χ1) is 11.1. The molecular formula is C18H26N2O2S. The fourth-order valence-electron chi connectivity index (χ4n) is 2.88. The Morgan fingerprint density at radius 3 is 2.74 bits per heavy atom. The van der Waals surface area contributed by atoms with Crippen LogP contribution in [0, 0.1) is 5.92 Å². The molecule has 0 spiro atoms. The molecule has 2 rings (SSSR count). The third-order valence-electron chi connectivity index (χ3n) is 4.19. The zero-order valence-corrected chi connectivity index (χ0v) is 14.8. The van der Waals surface area contributed by atoms with Gasteiger partial charge in [0.05, 0.1) is 0 Å². The minimum absolute atomic E-state index is 0.139. The van der Waals surface area contributed by atoms with Crippen LogP contribution in [0.5, 0.6) is 0 Å². The van der Waals surface area contributed by atoms with Gasteiger partial charge in [-0.3, -0.25) is 9.59 Å². The van der Waals surface area contributed by atoms with Crippen molar-refractivity contribution in [3.63, 3.8) is 0 Å². The fraction of sp³-hybridized carbons (Fsp3) is 0.556. The molecule has 1 fully saturated rings. The summed E-state index contributed by atoms with van der Waals surface area (Å²) in [4.78, 5) is 27.2. The highest BCUT2D eigenvalue weighted by Crippen LogP contribution is 2.22. The highest BCUT2D eigenvalue weighted by molar-refractivity contribution is 8.13. The maximum atomic E-state index is 12.0. The number of carbonyl (C=O) groups excluding carboxylic acids is 2. The van der Waals surface area contributed by atoms with Gasteiger partial charge in [0.15, 0.2) is 5.12 Å². The Balaban J connectivity index is 1.64. The number of thioether (sulfide) groups is 1. The topological polar surface area (TPSA) is 40.6 Å². The normalized spacial score (nSPS) is 17.6. The van der Waals surface area contributed by atoms with E-state index in [4.69, 9.17) is 0 Å². The first-order valence-electron chi connectivity index (χ1n) is 8.23. The number of unbranched alkanes of at least 4 members (excludes halogenated alkanes) is 1. The lowest BCUT2D eigenvalue weighted by Gasteiger charge is -2.20. The largest absolute Gasteiger partial charge is 0.375 e. The molecule has 1 aromatic rings. The Morgan fingerprint density at radius 2 is 2.04 bits per heavy atom. The van der Waals surface area contributed by atoms with Crippen LogP contribution >= 0.6 is 11.8 Å². The molecule has 4 nitrogen and oxygen atoms in total. The van der Waals surface area contributed by atoms with Gasteiger partial charge in [-0.1, -0.05) is 30.0 Å². The molecule has 0 aromatic heterocycles. The van der Waals surface area contributed by atoms with Crippen LogP contribution in [-0.2, 0) is 9.59 Å². The number of amides is 1. The predicted octanol–water partition coefficient (Wildman–Crippen LogP) is 3.03. The number of hydrogen-bond donors (Lipinski definition) is 0. The predicted molar refractivity (Wildman–Crippen MR) is 96.8 cm³/mol. The number of carbonyl (C=O) groups is 2. The maximum absolute atomic E-state index is 12.0. The van der Waals surface area contributed by atoms with E-state index in [1.165, 1.54) is 17.4 Å². The van der Waals surface area contributed by atoms with Crippen molar-refractivity contribution >= 4 is 28.5 Å². The van der Waals surface area contributed by atoms with Crippen molar-refractivity contribution in [3.8, 4) is 0 Å². The average molecular weight is 334 g/mol. The summed E-state index contributed by atoms with van der Waals surface area (Å²) in [6.45, 7) is 4.23. The molecule has 1 aromatic carbocycles. The molecule has 1 unspecified atom stereocenters. The SMILES string of the molecule is CC(=O)SCC1CC(=O)N(CCCCN(C)c2ccccc2)C1. The van der Waals surface area contributed by atoms with Crippen molar-refractivity contribution < 1.29 is 9.59 Å². The number of hydrogen-bond acceptors (Lipinski definition) is 4. The number of rotatable bonds is 8. The summed E-state index contributed by atoms with van der Waals surface area (Å²) in [7, 11) is 2.10. The van der Waals surface area contributed by atoms with Gasteiger partial charge < -0.3 is 9.80 Å². The van der Waals surface area contributed by atoms with Crippen LogP contribution in [0.3, 0.4) is 0 Å². The van der Waals surface area contributed by atoms with Crippen molar-refractivity contribution in [2.45, 2.75) is 26.2 Å². The van der Waals surface area contributed by atoms with E-state index in [1.54, 1.807) is 6.92 Å². The smallest absolute Gasteiger partial charge is 0.222 e. The first-order valence-corrected chi connectivity index (χ1v) is 9.22. The van der Waals surface area contributed by atoms with E-state index in [2.05, 4.69) is 24.1 Å². The van der Waals surface area contributed by atoms with Crippen LogP contribution in [0.1, 0.15) is 26.2 Å². The van der Waals surface area contributed by atoms with E-state index >= 15 is 0 Å². The molecule has 0 N–H and O–H groups in total. The molecule has 1 atom stereocenters. The first kappa shape index (κ1) is 17.9. The van der Waals surface area contributed by atoms with Crippen LogP contribution < -0.4 is 4.90 Å². The minimum Gasteiger partial charge on any atom is -0.375 e. The molecule has 0 bridgehead atoms. The van der Waals surface area contributed by atoms with Gasteiger partial charge in [-0.15, -0.1) is 0 Å². The molecule has 23 heavy (non-hydrogen) atoms. The average Bonchev–Trinajstić information content (AvgIpc) is 2.90. The van der Waals surface area contributed by atoms with Gasteiger partial charge in [-0.05, 0) is 30.9 Å². The van der Waals surface area contributed by atoms with E-state index in [0.29, 0.717) is 12.3 Å². The van der Waals surface area contributed by atoms with Crippen molar-refractivity contribution in [1.82, 2.24) is 4.90 Å². The molecule has 0 saturated carbocycles. The number of anilines is 1. The van der Waals surface area contributed by atoms with Gasteiger partial charge in [0.1, 0.15) is 0 Å². The van der Waals surface area contributed by atoms with Crippen molar-refractivity contribution in [2.24, 2.45) is 5.92 Å². The zero-order chi connectivity index (χ0) is 16.7. The summed E-state index contributed by atoms with van der Waals surface area (Å²) >= 11 is 1.34. The fourth-order valence-corrected chi connectivity index (χ4v) is 3.57. The number of likely N-dealkylation sites (tertiary alicyclic amines) is 1. The van der Waals surface area contributed by atoms with Gasteiger partial charge in [-0.25, -0.2) is 0 Å². The Hall–Kier alpha value is -1.49. The monoisotopic (exact) mass is 334 g/mol. The van der Waals surface area contributed by atoms with Gasteiger partial charge in [0, 0.05) is 51.5 Å². The molecule has 1 saturated heterocycles. The molecule has 126 valence electrons. The summed E-state index contributed by atoms with van der Waals surface area (Å²) in [6, 6.07) is 10.3. The molecule has 0 aliphatic carbocycles. The maximum Gasteiger partial charge on any atom is 0.222 e. The van der Waals surface area contributed by atoms with Gasteiger partial charge >= 0.3 is 0 Å². The molecule has 1 amide bonds. The summed E-state index contributed by atoms with van der Waals surface area (Å²) in [6.07, 6.45) is 2.70. The van der Waals surface area contributed by atoms with Gasteiger partial charge in [0.2, 0.25) is 5.91 Å². The van der Waals surface area contributed by atoms with E-state index in [0.717, 1.165) is 38.2 Å². The lowest BCUT2D eigenvalue weighted by molar-refractivity contribution is -0.127. The minimum atomic E-state index is 0.139. The number of benzene rings is 1. The molecule has 1 heterocycles. The van der Waals surface area contributed by atoms with Crippen LogP contribution in [0.2, 0.25) is 0 Å². The van der Waals surface area contributed by atoms with Crippen LogP contribution in [-0.4, -0.2) is 48.4 Å². The lowest BCUT2D eigenvalue weighted by atomic mass is 10.1. The third-order valence-corrected chi connectivity index (χ3v) is 5.23. The highest BCUT2D eigenvalue weighted by Gasteiger charge is 2.29. The summed E-state index contributed by atoms with van der Waals surface area (Å²) in [5, 5.41) is 0.139. The van der Waals surface area contributed by atoms with Gasteiger partial charge in [-0.2, -0.15) is 0 Å². The molecular weight excluding hydrogens is 308 g/mol. The van der Waals surface area contributed by atoms with Crippen molar-refractivity contribution in [2.75, 3.05) is 37.3 Å².